The maximum absolute atomic E-state index is 10.1. The zero-order valence-corrected chi connectivity index (χ0v) is 63.7. The van der Waals surface area contributed by atoms with Crippen molar-refractivity contribution in [3.63, 3.8) is 0 Å². The standard InChI is InChI=1S/C24H28IO2P.C11H16O2.2C7H15O2.C6H13ClO2.C5H4O.C4H8O.C4H9O.C2H3N.K/c1-26-24(27-2)19-12-20-25-28(21-13-6-3-7-14-21,22-15-8-4-9-16-22)23-17-10-5-11-18-23;1-4-5-6-7-8-9-10-11(12-2)13-3;2*1-4-5-6-7(8-2)9-3;1-8-6(9-2)4-3-5-7;1-2-3-4-5-6;1-2-4-5-3-1;1-4(2,3)5;1-2-3;/h3-11,13-18,24H,12,19-20H2,1-2H3;4,7-8,11H,1,9-10H2,2-3H3;2*4,7H,5-6H2,1-3H3;6H,3-5H2,1-2H3;2,5H,1H2;1-4H2;1-3H3;1H3;/q;;2*-1;;;;-1;;+1/b;8-7-;;;;;;;;. The van der Waals surface area contributed by atoms with E-state index in [4.69, 9.17) is 69.0 Å². The van der Waals surface area contributed by atoms with Crippen molar-refractivity contribution >= 4 is 38.7 Å². The number of alkyl halides is 2. The number of hydrogen-bond acceptors (Lipinski definition) is 14. The van der Waals surface area contributed by atoms with Crippen LogP contribution in [0, 0.1) is 47.9 Å². The third kappa shape index (κ3) is 62.6. The van der Waals surface area contributed by atoms with Crippen LogP contribution in [-0.2, 0) is 56.9 Å². The van der Waals surface area contributed by atoms with Crippen LogP contribution < -0.4 is 93.1 Å². The molecule has 0 N–H and O–H groups in total. The van der Waals surface area contributed by atoms with Crippen LogP contribution in [0.1, 0.15) is 119 Å². The first kappa shape index (κ1) is 96.9. The van der Waals surface area contributed by atoms with Crippen LogP contribution in [0.3, 0.4) is 0 Å². The van der Waals surface area contributed by atoms with Gasteiger partial charge in [-0.3, -0.25) is 4.79 Å². The van der Waals surface area contributed by atoms with Gasteiger partial charge in [0.15, 0.2) is 31.4 Å². The van der Waals surface area contributed by atoms with Crippen LogP contribution in [0.4, 0.5) is 0 Å². The SMILES string of the molecule is C1CCOC1.C=CC#C/C=C\CCC(OC)OC.C=CC#CC=O.CC#N.CC(C)(C)[O-].COC(CCCCl)OC.COC(CCC[I-][P+](c1ccccc1)(c1ccccc1)c1ccccc1)OC.C[CH-]CCC(OC)OC.C[CH-]CCC(OC)OC.[K+]. The number of aldehydes is 1. The first-order chi connectivity index (χ1) is 42.0. The van der Waals surface area contributed by atoms with Gasteiger partial charge in [0.2, 0.25) is 0 Å². The van der Waals surface area contributed by atoms with Crippen molar-refractivity contribution in [3.05, 3.63) is 141 Å². The van der Waals surface area contributed by atoms with Crippen molar-refractivity contribution in [1.82, 2.24) is 0 Å². The van der Waals surface area contributed by atoms with Gasteiger partial charge in [-0.25, -0.2) is 0 Å². The molecule has 1 saturated heterocycles. The molecule has 3 aromatic rings. The average Bonchev–Trinajstić information content (AvgIpc) is 1.07. The van der Waals surface area contributed by atoms with Crippen molar-refractivity contribution < 1.29 is 134 Å². The van der Waals surface area contributed by atoms with Crippen LogP contribution >= 0.6 is 16.5 Å². The minimum atomic E-state index is -1.60. The number of unbranched alkanes of at least 4 members (excludes halogenated alkanes) is 2. The van der Waals surface area contributed by atoms with E-state index < -0.39 is 10.5 Å². The third-order valence-electron chi connectivity index (χ3n) is 10.8. The van der Waals surface area contributed by atoms with Crippen LogP contribution in [0.15, 0.2) is 128 Å². The molecule has 0 aromatic heterocycles. The van der Waals surface area contributed by atoms with Gasteiger partial charge < -0.3 is 60.6 Å². The molecule has 4 rings (SSSR count). The summed E-state index contributed by atoms with van der Waals surface area (Å²) in [4.78, 5) is 7.74. The molecule has 0 amide bonds. The minimum absolute atomic E-state index is 0. The second-order valence-electron chi connectivity index (χ2n) is 18.6. The van der Waals surface area contributed by atoms with Crippen molar-refractivity contribution in [2.45, 2.75) is 156 Å². The second kappa shape index (κ2) is 75.5. The summed E-state index contributed by atoms with van der Waals surface area (Å²) >= 11 is 5.34. The topological polar surface area (TPSA) is 165 Å². The first-order valence-electron chi connectivity index (χ1n) is 29.0. The first-order valence-corrected chi connectivity index (χ1v) is 35.6. The van der Waals surface area contributed by atoms with E-state index in [-0.39, 0.29) is 103 Å². The van der Waals surface area contributed by atoms with Gasteiger partial charge in [-0.05, 0) is 69.1 Å². The Hall–Kier alpha value is -2.23. The summed E-state index contributed by atoms with van der Waals surface area (Å²) in [6.45, 7) is 19.1. The molecule has 496 valence electrons. The maximum atomic E-state index is 10.1. The Balaban J connectivity index is -0.000000237. The monoisotopic (exact) mass is 1410 g/mol. The van der Waals surface area contributed by atoms with E-state index in [2.05, 4.69) is 141 Å². The molecule has 0 spiro atoms. The molecular weight excluding hydrogens is 1300 g/mol. The molecule has 1 fully saturated rings. The molecule has 1 aliphatic heterocycles. The molecule has 3 aromatic carbocycles. The van der Waals surface area contributed by atoms with E-state index in [1.54, 1.807) is 104 Å². The summed E-state index contributed by atoms with van der Waals surface area (Å²) in [6.07, 6.45) is 23.3. The molecule has 0 atom stereocenters. The molecule has 0 saturated carbocycles. The van der Waals surface area contributed by atoms with Crippen LogP contribution in [-0.4, -0.2) is 138 Å². The number of rotatable bonds is 30. The van der Waals surface area contributed by atoms with Gasteiger partial charge in [0.25, 0.3) is 0 Å². The minimum Gasteiger partial charge on any atom is -0.356 e. The summed E-state index contributed by atoms with van der Waals surface area (Å²) in [5.41, 5.74) is -0.750. The number of methoxy groups -OCH3 is 10. The number of nitrogens with zero attached hydrogens (tertiary/aromatic N) is 1. The van der Waals surface area contributed by atoms with E-state index in [0.717, 1.165) is 77.4 Å². The summed E-state index contributed by atoms with van der Waals surface area (Å²) in [5.74, 6) is 10.7. The number of allylic oxidation sites excluding steroid dienone is 4. The zero-order valence-electron chi connectivity index (χ0n) is 56.8. The third-order valence-corrected chi connectivity index (χ3v) is 24.9. The van der Waals surface area contributed by atoms with Gasteiger partial charge >= 0.3 is 231 Å². The normalized spacial score (nSPS) is 11.0. The maximum Gasteiger partial charge on any atom is 1.00 e. The van der Waals surface area contributed by atoms with E-state index in [1.807, 2.05) is 26.0 Å². The van der Waals surface area contributed by atoms with Gasteiger partial charge in [0.1, 0.15) is 0 Å². The summed E-state index contributed by atoms with van der Waals surface area (Å²) in [5, 5.41) is 21.9. The van der Waals surface area contributed by atoms with Gasteiger partial charge in [-0.2, -0.15) is 32.0 Å². The van der Waals surface area contributed by atoms with E-state index in [1.165, 1.54) is 46.2 Å². The molecular formula is C70H111ClIKNO13P-2. The molecule has 0 bridgehead atoms. The molecule has 1 aliphatic rings. The fraction of sp³-hybridized carbons (Fsp3) is 0.543. The fourth-order valence-corrected chi connectivity index (χ4v) is 20.2. The molecule has 88 heavy (non-hydrogen) atoms. The van der Waals surface area contributed by atoms with Gasteiger partial charge in [-0.1, -0.05) is 57.8 Å². The van der Waals surface area contributed by atoms with E-state index in [0.29, 0.717) is 12.2 Å². The Kier molecular flexibility index (Phi) is 83.1. The summed E-state index contributed by atoms with van der Waals surface area (Å²) in [7, 11) is 16.6. The van der Waals surface area contributed by atoms with Crippen LogP contribution in [0.2, 0.25) is 0 Å². The number of carbonyl (C=O) groups is 1. The molecule has 14 nitrogen and oxygen atoms in total. The Bertz CT molecular complexity index is 1950. The predicted molar refractivity (Wildman–Crippen MR) is 358 cm³/mol. The molecule has 0 radical (unpaired) electrons. The number of carbonyl (C=O) groups excluding carboxylic acids is 1. The number of halogens is 2. The smallest absolute Gasteiger partial charge is 0.356 e. The quantitative estimate of drug-likeness (QED) is 0.00757. The van der Waals surface area contributed by atoms with Gasteiger partial charge in [-0.15, -0.1) is 17.2 Å². The molecule has 1 heterocycles. The van der Waals surface area contributed by atoms with Crippen molar-refractivity contribution in [2.75, 3.05) is 94.6 Å². The second-order valence-corrected chi connectivity index (χ2v) is 29.4. The largest absolute Gasteiger partial charge is 1.00 e. The zero-order chi connectivity index (χ0) is 66.5. The summed E-state index contributed by atoms with van der Waals surface area (Å²) < 4.78 is 56.7. The molecule has 0 aliphatic carbocycles. The number of ether oxygens (including phenoxy) is 11. The Morgan fingerprint density at radius 1 is 0.602 bits per heavy atom. The Morgan fingerprint density at radius 2 is 0.920 bits per heavy atom. The van der Waals surface area contributed by atoms with E-state index in [9.17, 15) is 9.90 Å². The van der Waals surface area contributed by atoms with Crippen molar-refractivity contribution in [1.29, 1.82) is 5.26 Å². The number of nitriles is 1. The fourth-order valence-electron chi connectivity index (χ4n) is 6.58. The van der Waals surface area contributed by atoms with Crippen LogP contribution in [0.5, 0.6) is 0 Å². The number of benzene rings is 3. The average molecular weight is 1410 g/mol. The van der Waals surface area contributed by atoms with E-state index >= 15 is 0 Å². The molecule has 0 unspecified atom stereocenters. The van der Waals surface area contributed by atoms with Crippen molar-refractivity contribution in [3.8, 4) is 29.8 Å². The van der Waals surface area contributed by atoms with Crippen LogP contribution in [0.25, 0.3) is 0 Å². The van der Waals surface area contributed by atoms with Crippen molar-refractivity contribution in [2.24, 2.45) is 0 Å². The molecule has 18 heteroatoms. The number of hydrogen-bond donors (Lipinski definition) is 0. The summed E-state index contributed by atoms with van der Waals surface area (Å²) in [6, 6.07) is 35.2. The predicted octanol–water partition coefficient (Wildman–Crippen LogP) is 7.21. The van der Waals surface area contributed by atoms with Gasteiger partial charge in [0.05, 0.1) is 6.07 Å². The van der Waals surface area contributed by atoms with Gasteiger partial charge in [0, 0.05) is 89.3 Å². The Morgan fingerprint density at radius 3 is 1.19 bits per heavy atom. The Labute approximate surface area is 593 Å².